The first-order chi connectivity index (χ1) is 16.5. The number of nitrogens with zero attached hydrogens (tertiary/aromatic N) is 1. The molecule has 3 aromatic rings. The largest absolute Gasteiger partial charge is 0.493 e. The number of aromatic amines is 1. The number of halogens is 1. The monoisotopic (exact) mass is 463 g/mol. The maximum absolute atomic E-state index is 13.8. The zero-order valence-corrected chi connectivity index (χ0v) is 19.1. The van der Waals surface area contributed by atoms with E-state index in [-0.39, 0.29) is 36.6 Å². The molecule has 5 rings (SSSR count). The first-order valence-corrected chi connectivity index (χ1v) is 11.3. The zero-order chi connectivity index (χ0) is 23.8. The summed E-state index contributed by atoms with van der Waals surface area (Å²) >= 11 is 0. The molecule has 2 aliphatic rings. The number of carbonyl (C=O) groups excluding carboxylic acids is 2. The molecule has 0 fully saturated rings. The molecule has 0 saturated carbocycles. The van der Waals surface area contributed by atoms with Crippen LogP contribution in [0.3, 0.4) is 0 Å². The fraction of sp³-hybridized carbons (Fsp3) is 0.308. The summed E-state index contributed by atoms with van der Waals surface area (Å²) in [5, 5.41) is 3.93. The van der Waals surface area contributed by atoms with Gasteiger partial charge in [-0.3, -0.25) is 9.59 Å². The van der Waals surface area contributed by atoms with Crippen molar-refractivity contribution in [2.75, 3.05) is 20.8 Å². The van der Waals surface area contributed by atoms with Crippen molar-refractivity contribution in [2.45, 2.75) is 31.7 Å². The van der Waals surface area contributed by atoms with Crippen LogP contribution in [0.15, 0.2) is 36.5 Å². The van der Waals surface area contributed by atoms with Gasteiger partial charge in [0.15, 0.2) is 11.5 Å². The van der Waals surface area contributed by atoms with Crippen LogP contribution in [-0.4, -0.2) is 42.5 Å². The standard InChI is InChI=1S/C26H26FN3O4/c1-33-22-10-15-8-9-30(25(32)12-16(15)11-23(22)34-2)14-24(31)28-21-5-3-4-18-19-13-17(27)6-7-20(19)29-26(18)21/h6-11,13,21,29H,3-5,12,14H2,1-2H3,(H,28,31)/t21-/m0/s1. The van der Waals surface area contributed by atoms with Crippen molar-refractivity contribution in [3.63, 3.8) is 0 Å². The van der Waals surface area contributed by atoms with Crippen molar-refractivity contribution < 1.29 is 23.5 Å². The molecule has 0 unspecified atom stereocenters. The number of aryl methyl sites for hydroxylation is 1. The first-order valence-electron chi connectivity index (χ1n) is 11.3. The van der Waals surface area contributed by atoms with Crippen LogP contribution in [0.25, 0.3) is 17.0 Å². The molecule has 1 atom stereocenters. The predicted molar refractivity (Wildman–Crippen MR) is 126 cm³/mol. The second-order valence-corrected chi connectivity index (χ2v) is 8.64. The molecular formula is C26H26FN3O4. The number of fused-ring (bicyclic) bond motifs is 4. The molecule has 176 valence electrons. The van der Waals surface area contributed by atoms with Gasteiger partial charge in [-0.05, 0) is 72.4 Å². The van der Waals surface area contributed by atoms with E-state index in [1.807, 2.05) is 6.07 Å². The van der Waals surface area contributed by atoms with E-state index in [1.54, 1.807) is 38.6 Å². The van der Waals surface area contributed by atoms with Crippen LogP contribution in [0.4, 0.5) is 4.39 Å². The van der Waals surface area contributed by atoms with Crippen LogP contribution in [0.2, 0.25) is 0 Å². The third-order valence-electron chi connectivity index (χ3n) is 6.56. The van der Waals surface area contributed by atoms with Gasteiger partial charge in [-0.15, -0.1) is 0 Å². The molecule has 0 spiro atoms. The maximum Gasteiger partial charge on any atom is 0.240 e. The van der Waals surface area contributed by atoms with E-state index >= 15 is 0 Å². The number of ether oxygens (including phenoxy) is 2. The minimum atomic E-state index is -0.275. The molecule has 34 heavy (non-hydrogen) atoms. The summed E-state index contributed by atoms with van der Waals surface area (Å²) in [6, 6.07) is 8.11. The smallest absolute Gasteiger partial charge is 0.240 e. The van der Waals surface area contributed by atoms with Crippen LogP contribution >= 0.6 is 0 Å². The van der Waals surface area contributed by atoms with Gasteiger partial charge >= 0.3 is 0 Å². The van der Waals surface area contributed by atoms with Gasteiger partial charge < -0.3 is 24.7 Å². The number of hydrogen-bond donors (Lipinski definition) is 2. The molecule has 1 aliphatic heterocycles. The van der Waals surface area contributed by atoms with Gasteiger partial charge in [0.1, 0.15) is 12.4 Å². The van der Waals surface area contributed by atoms with E-state index in [2.05, 4.69) is 10.3 Å². The Bertz CT molecular complexity index is 1310. The lowest BCUT2D eigenvalue weighted by molar-refractivity contribution is -0.133. The van der Waals surface area contributed by atoms with Gasteiger partial charge in [-0.2, -0.15) is 0 Å². The molecule has 2 N–H and O–H groups in total. The lowest BCUT2D eigenvalue weighted by atomic mass is 9.91. The average Bonchev–Trinajstić information content (AvgIpc) is 3.13. The van der Waals surface area contributed by atoms with Crippen molar-refractivity contribution in [1.29, 1.82) is 0 Å². The van der Waals surface area contributed by atoms with E-state index in [9.17, 15) is 14.0 Å². The Hall–Kier alpha value is -3.81. The van der Waals surface area contributed by atoms with Gasteiger partial charge in [-0.25, -0.2) is 4.39 Å². The van der Waals surface area contributed by atoms with E-state index in [1.165, 1.54) is 17.0 Å². The van der Waals surface area contributed by atoms with Crippen LogP contribution in [0.1, 0.15) is 41.3 Å². The van der Waals surface area contributed by atoms with Crippen LogP contribution in [0, 0.1) is 5.82 Å². The Morgan fingerprint density at radius 2 is 2.00 bits per heavy atom. The molecular weight excluding hydrogens is 437 g/mol. The average molecular weight is 464 g/mol. The molecule has 2 aromatic carbocycles. The highest BCUT2D eigenvalue weighted by atomic mass is 19.1. The number of hydrogen-bond acceptors (Lipinski definition) is 4. The predicted octanol–water partition coefficient (Wildman–Crippen LogP) is 3.87. The van der Waals surface area contributed by atoms with Crippen molar-refractivity contribution in [1.82, 2.24) is 15.2 Å². The second-order valence-electron chi connectivity index (χ2n) is 8.64. The number of carbonyl (C=O) groups is 2. The number of aromatic nitrogens is 1. The Morgan fingerprint density at radius 1 is 1.21 bits per heavy atom. The molecule has 7 nitrogen and oxygen atoms in total. The summed E-state index contributed by atoms with van der Waals surface area (Å²) in [4.78, 5) is 30.6. The molecule has 1 aliphatic carbocycles. The Labute approximate surface area is 196 Å². The highest BCUT2D eigenvalue weighted by molar-refractivity contribution is 5.90. The summed E-state index contributed by atoms with van der Waals surface area (Å²) in [6.07, 6.45) is 6.10. The lowest BCUT2D eigenvalue weighted by Crippen LogP contribution is -2.40. The van der Waals surface area contributed by atoms with Gasteiger partial charge in [0.2, 0.25) is 11.8 Å². The highest BCUT2D eigenvalue weighted by Crippen LogP contribution is 2.35. The first kappa shape index (κ1) is 22.0. The minimum Gasteiger partial charge on any atom is -0.493 e. The Morgan fingerprint density at radius 3 is 2.79 bits per heavy atom. The molecule has 2 amide bonds. The molecule has 2 heterocycles. The SMILES string of the molecule is COc1cc2c(cc1OC)CC(=O)N(CC(=O)N[C@H]1CCCc3c1[nH]c1ccc(F)cc31)C=C2. The second kappa shape index (κ2) is 8.85. The Balaban J connectivity index is 1.32. The van der Waals surface area contributed by atoms with Crippen molar-refractivity contribution in [3.05, 3.63) is 64.7 Å². The summed E-state index contributed by atoms with van der Waals surface area (Å²) in [5.41, 5.74) is 4.49. The number of nitrogens with one attached hydrogen (secondary N) is 2. The van der Waals surface area contributed by atoms with Crippen molar-refractivity contribution >= 4 is 28.8 Å². The number of methoxy groups -OCH3 is 2. The quantitative estimate of drug-likeness (QED) is 0.602. The minimum absolute atomic E-state index is 0.0850. The molecule has 0 saturated heterocycles. The van der Waals surface area contributed by atoms with Crippen LogP contribution in [-0.2, 0) is 22.4 Å². The maximum atomic E-state index is 13.8. The van der Waals surface area contributed by atoms with Crippen molar-refractivity contribution in [2.24, 2.45) is 0 Å². The van der Waals surface area contributed by atoms with Crippen molar-refractivity contribution in [3.8, 4) is 11.5 Å². The number of amides is 2. The van der Waals surface area contributed by atoms with E-state index in [0.29, 0.717) is 11.5 Å². The van der Waals surface area contributed by atoms with Crippen LogP contribution in [0.5, 0.6) is 11.5 Å². The third kappa shape index (κ3) is 4.00. The highest BCUT2D eigenvalue weighted by Gasteiger charge is 2.27. The summed E-state index contributed by atoms with van der Waals surface area (Å²) in [7, 11) is 3.11. The fourth-order valence-electron chi connectivity index (χ4n) is 4.88. The number of benzene rings is 2. The van der Waals surface area contributed by atoms with Crippen LogP contribution < -0.4 is 14.8 Å². The summed E-state index contributed by atoms with van der Waals surface area (Å²) in [6.45, 7) is -0.0850. The lowest BCUT2D eigenvalue weighted by Gasteiger charge is -2.25. The summed E-state index contributed by atoms with van der Waals surface area (Å²) in [5.74, 6) is 0.434. The van der Waals surface area contributed by atoms with E-state index in [0.717, 1.165) is 52.5 Å². The van der Waals surface area contributed by atoms with Gasteiger partial charge in [0, 0.05) is 22.8 Å². The fourth-order valence-corrected chi connectivity index (χ4v) is 4.88. The topological polar surface area (TPSA) is 83.7 Å². The number of rotatable bonds is 5. The molecule has 0 radical (unpaired) electrons. The molecule has 8 heteroatoms. The van der Waals surface area contributed by atoms with Gasteiger partial charge in [-0.1, -0.05) is 0 Å². The van der Waals surface area contributed by atoms with E-state index in [4.69, 9.17) is 9.47 Å². The number of H-pyrrole nitrogens is 1. The summed E-state index contributed by atoms with van der Waals surface area (Å²) < 4.78 is 24.5. The van der Waals surface area contributed by atoms with Gasteiger partial charge in [0.25, 0.3) is 0 Å². The zero-order valence-electron chi connectivity index (χ0n) is 19.1. The normalized spacial score (nSPS) is 17.2. The van der Waals surface area contributed by atoms with E-state index < -0.39 is 0 Å². The molecule has 1 aromatic heterocycles. The van der Waals surface area contributed by atoms with Gasteiger partial charge in [0.05, 0.1) is 26.7 Å². The molecule has 0 bridgehead atoms. The third-order valence-corrected chi connectivity index (χ3v) is 6.56. The Kier molecular flexibility index (Phi) is 5.73.